The molecule has 0 unspecified atom stereocenters. The molecule has 1 aromatic heterocycles. The Balaban J connectivity index is 1.70. The second kappa shape index (κ2) is 7.20. The maximum absolute atomic E-state index is 12.7. The average molecular weight is 376 g/mol. The molecule has 26 heavy (non-hydrogen) atoms. The van der Waals surface area contributed by atoms with Crippen LogP contribution in [-0.2, 0) is 16.6 Å². The second-order valence-electron chi connectivity index (χ2n) is 6.91. The summed E-state index contributed by atoms with van der Waals surface area (Å²) in [6, 6.07) is 7.94. The van der Waals surface area contributed by atoms with Gasteiger partial charge >= 0.3 is 0 Å². The van der Waals surface area contributed by atoms with Crippen LogP contribution < -0.4 is 10.0 Å². The molecule has 0 aliphatic heterocycles. The molecule has 7 nitrogen and oxygen atoms in total. The van der Waals surface area contributed by atoms with Crippen molar-refractivity contribution in [3.63, 3.8) is 0 Å². The number of amides is 1. The van der Waals surface area contributed by atoms with Gasteiger partial charge in [0.15, 0.2) is 0 Å². The van der Waals surface area contributed by atoms with Gasteiger partial charge in [0.05, 0.1) is 17.1 Å². The summed E-state index contributed by atoms with van der Waals surface area (Å²) >= 11 is 0. The van der Waals surface area contributed by atoms with E-state index in [-0.39, 0.29) is 22.9 Å². The first-order chi connectivity index (χ1) is 12.2. The van der Waals surface area contributed by atoms with Crippen LogP contribution >= 0.6 is 0 Å². The molecule has 1 aliphatic carbocycles. The van der Waals surface area contributed by atoms with Crippen molar-refractivity contribution in [1.29, 1.82) is 0 Å². The van der Waals surface area contributed by atoms with Crippen molar-refractivity contribution in [3.05, 3.63) is 47.3 Å². The lowest BCUT2D eigenvalue weighted by molar-refractivity contribution is 0.0951. The normalized spacial score (nSPS) is 15.7. The fourth-order valence-corrected chi connectivity index (χ4v) is 4.07. The predicted molar refractivity (Wildman–Crippen MR) is 98.4 cm³/mol. The van der Waals surface area contributed by atoms with Crippen LogP contribution in [-0.4, -0.2) is 36.2 Å². The quantitative estimate of drug-likeness (QED) is 0.770. The highest BCUT2D eigenvalue weighted by molar-refractivity contribution is 7.89. The van der Waals surface area contributed by atoms with E-state index in [1.807, 2.05) is 19.9 Å². The Morgan fingerprint density at radius 2 is 2.04 bits per heavy atom. The smallest absolute Gasteiger partial charge is 0.251 e. The molecule has 8 heteroatoms. The lowest BCUT2D eigenvalue weighted by Crippen LogP contribution is -2.36. The summed E-state index contributed by atoms with van der Waals surface area (Å²) in [5, 5.41) is 7.22. The predicted octanol–water partition coefficient (Wildman–Crippen LogP) is 1.76. The number of carbonyl (C=O) groups is 1. The summed E-state index contributed by atoms with van der Waals surface area (Å²) in [4.78, 5) is 12.2. The van der Waals surface area contributed by atoms with Crippen LogP contribution in [0.2, 0.25) is 0 Å². The molecule has 0 spiro atoms. The van der Waals surface area contributed by atoms with Crippen molar-refractivity contribution in [2.24, 2.45) is 0 Å². The van der Waals surface area contributed by atoms with E-state index in [1.165, 1.54) is 12.1 Å². The lowest BCUT2D eigenvalue weighted by atomic mass is 10.2. The van der Waals surface area contributed by atoms with E-state index in [0.29, 0.717) is 12.1 Å². The maximum Gasteiger partial charge on any atom is 0.251 e. The van der Waals surface area contributed by atoms with Gasteiger partial charge in [-0.05, 0) is 57.9 Å². The molecule has 140 valence electrons. The van der Waals surface area contributed by atoms with E-state index in [2.05, 4.69) is 15.1 Å². The Morgan fingerprint density at radius 1 is 1.31 bits per heavy atom. The van der Waals surface area contributed by atoms with Crippen molar-refractivity contribution in [2.45, 2.75) is 57.1 Å². The average Bonchev–Trinajstić information content (AvgIpc) is 3.32. The molecule has 2 N–H and O–H groups in total. The van der Waals surface area contributed by atoms with Crippen molar-refractivity contribution in [1.82, 2.24) is 19.8 Å². The zero-order valence-corrected chi connectivity index (χ0v) is 16.0. The molecule has 0 radical (unpaired) electrons. The van der Waals surface area contributed by atoms with E-state index >= 15 is 0 Å². The van der Waals surface area contributed by atoms with Crippen molar-refractivity contribution >= 4 is 15.9 Å². The Kier molecular flexibility index (Phi) is 5.15. The van der Waals surface area contributed by atoms with Crippen molar-refractivity contribution in [2.75, 3.05) is 0 Å². The molecule has 1 aliphatic rings. The topological polar surface area (TPSA) is 93.1 Å². The van der Waals surface area contributed by atoms with Gasteiger partial charge in [-0.3, -0.25) is 9.48 Å². The number of sulfonamides is 1. The highest BCUT2D eigenvalue weighted by Crippen LogP contribution is 2.20. The zero-order valence-electron chi connectivity index (χ0n) is 15.2. The summed E-state index contributed by atoms with van der Waals surface area (Å²) in [6.45, 7) is 6.05. The minimum atomic E-state index is -3.73. The number of nitrogens with one attached hydrogen (secondary N) is 2. The zero-order chi connectivity index (χ0) is 18.9. The van der Waals surface area contributed by atoms with Gasteiger partial charge in [0, 0.05) is 23.3 Å². The molecule has 2 aromatic rings. The van der Waals surface area contributed by atoms with Crippen LogP contribution in [0.15, 0.2) is 35.2 Å². The van der Waals surface area contributed by atoms with Gasteiger partial charge < -0.3 is 5.32 Å². The number of hydrogen-bond donors (Lipinski definition) is 2. The highest BCUT2D eigenvalue weighted by atomic mass is 32.2. The van der Waals surface area contributed by atoms with E-state index in [0.717, 1.165) is 24.2 Å². The van der Waals surface area contributed by atoms with Crippen LogP contribution in [0, 0.1) is 13.8 Å². The molecular weight excluding hydrogens is 352 g/mol. The Bertz CT molecular complexity index is 916. The molecule has 1 amide bonds. The second-order valence-corrected chi connectivity index (χ2v) is 8.62. The number of hydrogen-bond acceptors (Lipinski definition) is 4. The minimum Gasteiger partial charge on any atom is -0.349 e. The van der Waals surface area contributed by atoms with Gasteiger partial charge in [-0.2, -0.15) is 5.10 Å². The van der Waals surface area contributed by atoms with Crippen LogP contribution in [0.4, 0.5) is 0 Å². The summed E-state index contributed by atoms with van der Waals surface area (Å²) in [5.41, 5.74) is 2.23. The van der Waals surface area contributed by atoms with Gasteiger partial charge in [-0.15, -0.1) is 0 Å². The Morgan fingerprint density at radius 3 is 2.65 bits per heavy atom. The first-order valence-electron chi connectivity index (χ1n) is 8.69. The van der Waals surface area contributed by atoms with E-state index in [9.17, 15) is 13.2 Å². The Labute approximate surface area is 153 Å². The fraction of sp³-hybridized carbons (Fsp3) is 0.444. The van der Waals surface area contributed by atoms with Gasteiger partial charge in [0.25, 0.3) is 5.91 Å². The molecule has 1 saturated carbocycles. The van der Waals surface area contributed by atoms with Crippen LogP contribution in [0.5, 0.6) is 0 Å². The summed E-state index contributed by atoms with van der Waals surface area (Å²) in [5.74, 6) is -0.236. The third kappa shape index (κ3) is 4.50. The molecule has 0 bridgehead atoms. The van der Waals surface area contributed by atoms with Gasteiger partial charge in [0.1, 0.15) is 0 Å². The molecule has 1 fully saturated rings. The fourth-order valence-electron chi connectivity index (χ4n) is 2.79. The van der Waals surface area contributed by atoms with Gasteiger partial charge in [-0.1, -0.05) is 6.07 Å². The van der Waals surface area contributed by atoms with Crippen LogP contribution in [0.1, 0.15) is 41.5 Å². The lowest BCUT2D eigenvalue weighted by Gasteiger charge is -2.16. The number of carbonyl (C=O) groups excluding carboxylic acids is 1. The first-order valence-corrected chi connectivity index (χ1v) is 10.2. The van der Waals surface area contributed by atoms with E-state index < -0.39 is 10.0 Å². The molecule has 1 atom stereocenters. The molecule has 3 rings (SSSR count). The number of aryl methyl sites for hydroxylation is 2. The van der Waals surface area contributed by atoms with Gasteiger partial charge in [0.2, 0.25) is 10.0 Å². The first kappa shape index (κ1) is 18.6. The standard InChI is InChI=1S/C18H24N4O3S/c1-12-9-14(3)22(20-12)11-13(2)21-26(24,25)17-6-4-5-15(10-17)18(23)19-16-7-8-16/h4-6,9-10,13,16,21H,7-8,11H2,1-3H3,(H,19,23)/t13-/m1/s1. The minimum absolute atomic E-state index is 0.0844. The van der Waals surface area contributed by atoms with Crippen molar-refractivity contribution < 1.29 is 13.2 Å². The van der Waals surface area contributed by atoms with Crippen LogP contribution in [0.25, 0.3) is 0 Å². The summed E-state index contributed by atoms with van der Waals surface area (Å²) in [6.07, 6.45) is 1.96. The summed E-state index contributed by atoms with van der Waals surface area (Å²) in [7, 11) is -3.73. The molecule has 1 heterocycles. The maximum atomic E-state index is 12.7. The molecular formula is C18H24N4O3S. The number of rotatable bonds is 7. The van der Waals surface area contributed by atoms with Gasteiger partial charge in [-0.25, -0.2) is 13.1 Å². The van der Waals surface area contributed by atoms with Crippen molar-refractivity contribution in [3.8, 4) is 0 Å². The summed E-state index contributed by atoms with van der Waals surface area (Å²) < 4.78 is 29.8. The number of nitrogens with zero attached hydrogens (tertiary/aromatic N) is 2. The largest absolute Gasteiger partial charge is 0.349 e. The Hall–Kier alpha value is -2.19. The number of aromatic nitrogens is 2. The van der Waals surface area contributed by atoms with E-state index in [1.54, 1.807) is 23.7 Å². The molecule has 1 aromatic carbocycles. The number of benzene rings is 1. The van der Waals surface area contributed by atoms with E-state index in [4.69, 9.17) is 0 Å². The highest BCUT2D eigenvalue weighted by Gasteiger charge is 2.25. The SMILES string of the molecule is Cc1cc(C)n(C[C@@H](C)NS(=O)(=O)c2cccc(C(=O)NC3CC3)c2)n1. The van der Waals surface area contributed by atoms with Crippen LogP contribution in [0.3, 0.4) is 0 Å². The molecule has 0 saturated heterocycles. The third-order valence-electron chi connectivity index (χ3n) is 4.23. The monoisotopic (exact) mass is 376 g/mol. The third-order valence-corrected chi connectivity index (χ3v) is 5.81.